The van der Waals surface area contributed by atoms with Crippen molar-refractivity contribution in [2.24, 2.45) is 11.7 Å². The molecule has 2 N–H and O–H groups in total. The summed E-state index contributed by atoms with van der Waals surface area (Å²) in [5, 5.41) is 0. The zero-order valence-corrected chi connectivity index (χ0v) is 10.6. The predicted octanol–water partition coefficient (Wildman–Crippen LogP) is 3.08. The van der Waals surface area contributed by atoms with E-state index in [1.54, 1.807) is 12.1 Å². The molecule has 1 aliphatic rings. The van der Waals surface area contributed by atoms with E-state index < -0.39 is 0 Å². The van der Waals surface area contributed by atoms with Gasteiger partial charge in [0, 0.05) is 17.5 Å². The van der Waals surface area contributed by atoms with Crippen molar-refractivity contribution in [1.82, 2.24) is 0 Å². The molecule has 3 rings (SSSR count). The molecule has 0 spiro atoms. The van der Waals surface area contributed by atoms with Crippen LogP contribution in [0.4, 0.5) is 4.39 Å². The Hall–Kier alpha value is -1.87. The molecule has 2 aromatic rings. The first kappa shape index (κ1) is 12.2. The highest BCUT2D eigenvalue weighted by Gasteiger charge is 2.27. The Morgan fingerprint density at radius 2 is 1.84 bits per heavy atom. The second-order valence-electron chi connectivity index (χ2n) is 4.93. The number of benzene rings is 2. The third-order valence-corrected chi connectivity index (χ3v) is 3.68. The fourth-order valence-electron chi connectivity index (χ4n) is 2.58. The minimum absolute atomic E-state index is 0.104. The lowest BCUT2D eigenvalue weighted by molar-refractivity contribution is 0.198. The number of ether oxygens (including phenoxy) is 1. The number of fused-ring (bicyclic) bond motifs is 1. The normalized spacial score (nSPS) is 19.4. The second kappa shape index (κ2) is 5.02. The summed E-state index contributed by atoms with van der Waals surface area (Å²) in [5.41, 5.74) is 7.92. The zero-order chi connectivity index (χ0) is 13.2. The lowest BCUT2D eigenvalue weighted by Crippen LogP contribution is -2.31. The first-order valence-corrected chi connectivity index (χ1v) is 6.46. The van der Waals surface area contributed by atoms with Crippen molar-refractivity contribution in [3.8, 4) is 5.75 Å². The van der Waals surface area contributed by atoms with E-state index in [4.69, 9.17) is 10.5 Å². The Balaban J connectivity index is 1.83. The maximum atomic E-state index is 13.8. The van der Waals surface area contributed by atoms with Crippen molar-refractivity contribution in [2.45, 2.75) is 12.5 Å². The Bertz CT molecular complexity index is 584. The highest BCUT2D eigenvalue weighted by Crippen LogP contribution is 2.32. The van der Waals surface area contributed by atoms with E-state index in [-0.39, 0.29) is 17.8 Å². The van der Waals surface area contributed by atoms with Crippen LogP contribution in [0.15, 0.2) is 48.5 Å². The molecule has 0 saturated heterocycles. The van der Waals surface area contributed by atoms with Gasteiger partial charge >= 0.3 is 0 Å². The summed E-state index contributed by atoms with van der Waals surface area (Å²) in [6.07, 6.45) is 0.825. The van der Waals surface area contributed by atoms with Crippen LogP contribution >= 0.6 is 0 Å². The van der Waals surface area contributed by atoms with Crippen LogP contribution in [0.1, 0.15) is 17.2 Å². The van der Waals surface area contributed by atoms with Gasteiger partial charge in [0.05, 0.1) is 6.61 Å². The van der Waals surface area contributed by atoms with Crippen LogP contribution in [0.2, 0.25) is 0 Å². The fourth-order valence-corrected chi connectivity index (χ4v) is 2.58. The summed E-state index contributed by atoms with van der Waals surface area (Å²) in [5.74, 6) is 0.778. The molecule has 0 aromatic heterocycles. The number of hydrogen-bond donors (Lipinski definition) is 1. The molecule has 1 aliphatic heterocycles. The highest BCUT2D eigenvalue weighted by atomic mass is 19.1. The lowest BCUT2D eigenvalue weighted by atomic mass is 9.87. The molecule has 2 atom stereocenters. The minimum Gasteiger partial charge on any atom is -0.493 e. The molecular weight excluding hydrogens is 241 g/mol. The highest BCUT2D eigenvalue weighted by molar-refractivity contribution is 5.36. The standard InChI is InChI=1S/C16H16FNO/c17-14-7-3-2-6-13(14)16(18)12-9-11-5-1-4-8-15(11)19-10-12/h1-8,12,16H,9-10,18H2. The second-order valence-corrected chi connectivity index (χ2v) is 4.93. The SMILES string of the molecule is NC(c1ccccc1F)C1COc2ccccc2C1. The molecular formula is C16H16FNO. The van der Waals surface area contributed by atoms with Crippen LogP contribution in [-0.2, 0) is 6.42 Å². The topological polar surface area (TPSA) is 35.2 Å². The van der Waals surface area contributed by atoms with Crippen molar-refractivity contribution >= 4 is 0 Å². The smallest absolute Gasteiger partial charge is 0.127 e. The largest absolute Gasteiger partial charge is 0.493 e. The van der Waals surface area contributed by atoms with Gasteiger partial charge in [0.1, 0.15) is 11.6 Å². The first-order valence-electron chi connectivity index (χ1n) is 6.46. The summed E-state index contributed by atoms with van der Waals surface area (Å²) in [6.45, 7) is 0.534. The van der Waals surface area contributed by atoms with Crippen molar-refractivity contribution in [3.63, 3.8) is 0 Å². The van der Waals surface area contributed by atoms with Crippen molar-refractivity contribution < 1.29 is 9.13 Å². The van der Waals surface area contributed by atoms with Gasteiger partial charge in [-0.3, -0.25) is 0 Å². The quantitative estimate of drug-likeness (QED) is 0.897. The minimum atomic E-state index is -0.338. The molecule has 2 unspecified atom stereocenters. The molecule has 2 aromatic carbocycles. The lowest BCUT2D eigenvalue weighted by Gasteiger charge is -2.29. The van der Waals surface area contributed by atoms with Gasteiger partial charge in [0.15, 0.2) is 0 Å². The van der Waals surface area contributed by atoms with Gasteiger partial charge in [-0.15, -0.1) is 0 Å². The van der Waals surface area contributed by atoms with Gasteiger partial charge in [-0.25, -0.2) is 4.39 Å². The van der Waals surface area contributed by atoms with Crippen LogP contribution < -0.4 is 10.5 Å². The van der Waals surface area contributed by atoms with Gasteiger partial charge < -0.3 is 10.5 Å². The summed E-state index contributed by atoms with van der Waals surface area (Å²) in [6, 6.07) is 14.3. The average molecular weight is 257 g/mol. The molecule has 1 heterocycles. The van der Waals surface area contributed by atoms with Gasteiger partial charge in [-0.2, -0.15) is 0 Å². The van der Waals surface area contributed by atoms with Gasteiger partial charge in [-0.1, -0.05) is 36.4 Å². The number of hydrogen-bond acceptors (Lipinski definition) is 2. The Kier molecular flexibility index (Phi) is 3.22. The molecule has 98 valence electrons. The van der Waals surface area contributed by atoms with E-state index in [1.807, 2.05) is 30.3 Å². The van der Waals surface area contributed by atoms with E-state index >= 15 is 0 Å². The number of halogens is 1. The monoisotopic (exact) mass is 257 g/mol. The van der Waals surface area contributed by atoms with Crippen molar-refractivity contribution in [2.75, 3.05) is 6.61 Å². The Morgan fingerprint density at radius 1 is 1.11 bits per heavy atom. The van der Waals surface area contributed by atoms with E-state index in [0.717, 1.165) is 17.7 Å². The van der Waals surface area contributed by atoms with Crippen LogP contribution in [0.5, 0.6) is 5.75 Å². The molecule has 0 saturated carbocycles. The zero-order valence-electron chi connectivity index (χ0n) is 10.6. The molecule has 19 heavy (non-hydrogen) atoms. The van der Waals surface area contributed by atoms with Gasteiger partial charge in [0.2, 0.25) is 0 Å². The Morgan fingerprint density at radius 3 is 2.68 bits per heavy atom. The molecule has 0 radical (unpaired) electrons. The molecule has 0 fully saturated rings. The van der Waals surface area contributed by atoms with Gasteiger partial charge in [-0.05, 0) is 24.1 Å². The third kappa shape index (κ3) is 2.34. The molecule has 2 nitrogen and oxygen atoms in total. The maximum absolute atomic E-state index is 13.8. The molecule has 0 amide bonds. The van der Waals surface area contributed by atoms with Crippen LogP contribution in [0, 0.1) is 11.7 Å². The summed E-state index contributed by atoms with van der Waals surface area (Å²) >= 11 is 0. The number of rotatable bonds is 2. The maximum Gasteiger partial charge on any atom is 0.127 e. The van der Waals surface area contributed by atoms with E-state index in [0.29, 0.717) is 12.2 Å². The fraction of sp³-hybridized carbons (Fsp3) is 0.250. The summed E-state index contributed by atoms with van der Waals surface area (Å²) in [7, 11) is 0. The van der Waals surface area contributed by atoms with E-state index in [1.165, 1.54) is 6.07 Å². The van der Waals surface area contributed by atoms with Gasteiger partial charge in [0.25, 0.3) is 0 Å². The molecule has 0 aliphatic carbocycles. The third-order valence-electron chi connectivity index (χ3n) is 3.68. The first-order chi connectivity index (χ1) is 9.25. The predicted molar refractivity (Wildman–Crippen MR) is 72.5 cm³/mol. The molecule has 0 bridgehead atoms. The Labute approximate surface area is 112 Å². The number of para-hydroxylation sites is 1. The van der Waals surface area contributed by atoms with Crippen LogP contribution in [-0.4, -0.2) is 6.61 Å². The van der Waals surface area contributed by atoms with Crippen LogP contribution in [0.25, 0.3) is 0 Å². The summed E-state index contributed by atoms with van der Waals surface area (Å²) in [4.78, 5) is 0. The van der Waals surface area contributed by atoms with E-state index in [9.17, 15) is 4.39 Å². The van der Waals surface area contributed by atoms with Crippen molar-refractivity contribution in [3.05, 3.63) is 65.5 Å². The van der Waals surface area contributed by atoms with E-state index in [2.05, 4.69) is 0 Å². The average Bonchev–Trinajstić information content (AvgIpc) is 2.46. The van der Waals surface area contributed by atoms with Crippen molar-refractivity contribution in [1.29, 1.82) is 0 Å². The van der Waals surface area contributed by atoms with Crippen LogP contribution in [0.3, 0.4) is 0 Å². The number of nitrogens with two attached hydrogens (primary N) is 1. The molecule has 3 heteroatoms. The summed E-state index contributed by atoms with van der Waals surface area (Å²) < 4.78 is 19.5.